The molecule has 2 N–H and O–H groups in total. The maximum Gasteiger partial charge on any atom is 0.416 e. The third-order valence-electron chi connectivity index (χ3n) is 3.64. The van der Waals surface area contributed by atoms with E-state index in [9.17, 15) is 27.2 Å². The number of anilines is 1. The van der Waals surface area contributed by atoms with Gasteiger partial charge in [0.2, 0.25) is 5.91 Å². The van der Waals surface area contributed by atoms with Crippen molar-refractivity contribution in [1.82, 2.24) is 0 Å². The normalized spacial score (nSPS) is 21.0. The van der Waals surface area contributed by atoms with Crippen molar-refractivity contribution in [3.8, 4) is 0 Å². The Hall–Kier alpha value is -2.38. The van der Waals surface area contributed by atoms with Crippen LogP contribution in [0.5, 0.6) is 0 Å². The minimum Gasteiger partial charge on any atom is -0.481 e. The van der Waals surface area contributed by atoms with E-state index >= 15 is 0 Å². The number of alkyl halides is 3. The number of amides is 1. The standard InChI is InChI=1S/C15H13F4NO3/c16-11-6-5-8(15(17,18)19)7-12(11)20-13(21)9-3-1-2-4-10(9)14(22)23/h1-2,5-7,9-10H,3-4H2,(H,20,21)(H,22,23)/t9-,10+/m1/s1. The van der Waals surface area contributed by atoms with Crippen LogP contribution in [0.1, 0.15) is 18.4 Å². The van der Waals surface area contributed by atoms with Gasteiger partial charge in [0, 0.05) is 0 Å². The summed E-state index contributed by atoms with van der Waals surface area (Å²) in [5.41, 5.74) is -1.73. The van der Waals surface area contributed by atoms with Crippen molar-refractivity contribution in [2.24, 2.45) is 11.8 Å². The summed E-state index contributed by atoms with van der Waals surface area (Å²) in [6, 6.07) is 1.66. The SMILES string of the molecule is O=C(O)[C@H]1CC=CC[C@H]1C(=O)Nc1cc(C(F)(F)F)ccc1F. The van der Waals surface area contributed by atoms with Crippen LogP contribution in [-0.2, 0) is 15.8 Å². The lowest BCUT2D eigenvalue weighted by molar-refractivity contribution is -0.146. The highest BCUT2D eigenvalue weighted by Gasteiger charge is 2.35. The minimum atomic E-state index is -4.68. The van der Waals surface area contributed by atoms with Gasteiger partial charge < -0.3 is 10.4 Å². The number of carbonyl (C=O) groups is 2. The highest BCUT2D eigenvalue weighted by Crippen LogP contribution is 2.33. The zero-order valence-corrected chi connectivity index (χ0v) is 11.7. The lowest BCUT2D eigenvalue weighted by atomic mass is 9.82. The van der Waals surface area contributed by atoms with Gasteiger partial charge in [-0.25, -0.2) is 4.39 Å². The van der Waals surface area contributed by atoms with E-state index in [1.165, 1.54) is 0 Å². The second-order valence-corrected chi connectivity index (χ2v) is 5.18. The van der Waals surface area contributed by atoms with E-state index in [1.54, 1.807) is 12.2 Å². The van der Waals surface area contributed by atoms with Crippen LogP contribution in [0, 0.1) is 17.7 Å². The highest BCUT2D eigenvalue weighted by atomic mass is 19.4. The van der Waals surface area contributed by atoms with Crippen molar-refractivity contribution in [3.63, 3.8) is 0 Å². The van der Waals surface area contributed by atoms with Crippen LogP contribution >= 0.6 is 0 Å². The van der Waals surface area contributed by atoms with Gasteiger partial charge in [0.25, 0.3) is 0 Å². The first-order chi connectivity index (χ1) is 10.7. The summed E-state index contributed by atoms with van der Waals surface area (Å²) in [6.07, 6.45) is -1.17. The molecule has 23 heavy (non-hydrogen) atoms. The number of hydrogen-bond donors (Lipinski definition) is 2. The number of carboxylic acid groups (broad SMARTS) is 1. The first kappa shape index (κ1) is 17.0. The highest BCUT2D eigenvalue weighted by molar-refractivity contribution is 5.95. The van der Waals surface area contributed by atoms with Gasteiger partial charge in [-0.2, -0.15) is 13.2 Å². The van der Waals surface area contributed by atoms with Gasteiger partial charge in [0.05, 0.1) is 23.1 Å². The van der Waals surface area contributed by atoms with Crippen LogP contribution in [0.4, 0.5) is 23.2 Å². The number of carboxylic acids is 1. The Balaban J connectivity index is 2.23. The molecular weight excluding hydrogens is 318 g/mol. The van der Waals surface area contributed by atoms with E-state index in [-0.39, 0.29) is 12.8 Å². The number of halogens is 4. The van der Waals surface area contributed by atoms with Crippen molar-refractivity contribution in [2.75, 3.05) is 5.32 Å². The number of rotatable bonds is 3. The Bertz CT molecular complexity index is 655. The molecule has 0 fully saturated rings. The summed E-state index contributed by atoms with van der Waals surface area (Å²) in [7, 11) is 0. The molecule has 1 aromatic carbocycles. The monoisotopic (exact) mass is 331 g/mol. The maximum absolute atomic E-state index is 13.6. The third-order valence-corrected chi connectivity index (χ3v) is 3.64. The fraction of sp³-hybridized carbons (Fsp3) is 0.333. The quantitative estimate of drug-likeness (QED) is 0.658. The summed E-state index contributed by atoms with van der Waals surface area (Å²) in [6.45, 7) is 0. The van der Waals surface area contributed by atoms with Crippen LogP contribution < -0.4 is 5.32 Å². The first-order valence-electron chi connectivity index (χ1n) is 6.75. The van der Waals surface area contributed by atoms with Gasteiger partial charge in [-0.05, 0) is 31.0 Å². The topological polar surface area (TPSA) is 66.4 Å². The van der Waals surface area contributed by atoms with Crippen LogP contribution in [0.2, 0.25) is 0 Å². The molecule has 0 aliphatic heterocycles. The summed E-state index contributed by atoms with van der Waals surface area (Å²) in [4.78, 5) is 23.3. The van der Waals surface area contributed by atoms with Gasteiger partial charge in [-0.1, -0.05) is 12.2 Å². The zero-order valence-electron chi connectivity index (χ0n) is 11.7. The molecule has 1 aliphatic rings. The van der Waals surface area contributed by atoms with Crippen LogP contribution in [-0.4, -0.2) is 17.0 Å². The van der Waals surface area contributed by atoms with E-state index in [4.69, 9.17) is 5.11 Å². The van der Waals surface area contributed by atoms with Crippen LogP contribution in [0.25, 0.3) is 0 Å². The average molecular weight is 331 g/mol. The van der Waals surface area contributed by atoms with E-state index in [1.807, 2.05) is 0 Å². The number of hydrogen-bond acceptors (Lipinski definition) is 2. The molecule has 0 aromatic heterocycles. The first-order valence-corrected chi connectivity index (χ1v) is 6.75. The van der Waals surface area contributed by atoms with Gasteiger partial charge >= 0.3 is 12.1 Å². The second kappa shape index (κ2) is 6.39. The predicted octanol–water partition coefficient (Wildman–Crippen LogP) is 3.45. The molecule has 2 rings (SSSR count). The van der Waals surface area contributed by atoms with Gasteiger partial charge in [-0.3, -0.25) is 9.59 Å². The fourth-order valence-electron chi connectivity index (χ4n) is 2.40. The molecule has 0 saturated heterocycles. The molecule has 2 atom stereocenters. The molecule has 0 spiro atoms. The number of nitrogens with one attached hydrogen (secondary N) is 1. The summed E-state index contributed by atoms with van der Waals surface area (Å²) in [5.74, 6) is -4.98. The Morgan fingerprint density at radius 1 is 1.13 bits per heavy atom. The number of aliphatic carboxylic acids is 1. The van der Waals surface area contributed by atoms with E-state index < -0.39 is 47.0 Å². The minimum absolute atomic E-state index is 0.128. The molecule has 8 heteroatoms. The molecule has 4 nitrogen and oxygen atoms in total. The van der Waals surface area contributed by atoms with Crippen LogP contribution in [0.15, 0.2) is 30.4 Å². The molecule has 1 aliphatic carbocycles. The summed E-state index contributed by atoms with van der Waals surface area (Å²) >= 11 is 0. The molecule has 124 valence electrons. The molecule has 0 radical (unpaired) electrons. The van der Waals surface area contributed by atoms with Crippen molar-refractivity contribution in [3.05, 3.63) is 41.7 Å². The zero-order chi connectivity index (χ0) is 17.2. The van der Waals surface area contributed by atoms with E-state index in [2.05, 4.69) is 5.32 Å². The second-order valence-electron chi connectivity index (χ2n) is 5.18. The predicted molar refractivity (Wildman–Crippen MR) is 73.0 cm³/mol. The fourth-order valence-corrected chi connectivity index (χ4v) is 2.40. The third kappa shape index (κ3) is 3.88. The summed E-state index contributed by atoms with van der Waals surface area (Å²) < 4.78 is 51.5. The van der Waals surface area contributed by atoms with Crippen molar-refractivity contribution >= 4 is 17.6 Å². The van der Waals surface area contributed by atoms with Gasteiger partial charge in [-0.15, -0.1) is 0 Å². The molecular formula is C15H13F4NO3. The lowest BCUT2D eigenvalue weighted by Crippen LogP contribution is -2.35. The maximum atomic E-state index is 13.6. The average Bonchev–Trinajstić information content (AvgIpc) is 2.48. The van der Waals surface area contributed by atoms with E-state index in [0.717, 1.165) is 0 Å². The van der Waals surface area contributed by atoms with Crippen molar-refractivity contribution < 1.29 is 32.3 Å². The number of carbonyl (C=O) groups excluding carboxylic acids is 1. The Kier molecular flexibility index (Phi) is 4.72. The molecule has 0 heterocycles. The van der Waals surface area contributed by atoms with Gasteiger partial charge in [0.1, 0.15) is 5.82 Å². The molecule has 1 amide bonds. The Labute approximate surface area is 128 Å². The Morgan fingerprint density at radius 2 is 1.74 bits per heavy atom. The van der Waals surface area contributed by atoms with Crippen LogP contribution in [0.3, 0.4) is 0 Å². The number of allylic oxidation sites excluding steroid dienone is 2. The van der Waals surface area contributed by atoms with Gasteiger partial charge in [0.15, 0.2) is 0 Å². The smallest absolute Gasteiger partial charge is 0.416 e. The molecule has 0 bridgehead atoms. The molecule has 1 aromatic rings. The molecule has 0 saturated carbocycles. The molecule has 0 unspecified atom stereocenters. The van der Waals surface area contributed by atoms with Crippen molar-refractivity contribution in [1.29, 1.82) is 0 Å². The largest absolute Gasteiger partial charge is 0.481 e. The van der Waals surface area contributed by atoms with E-state index in [0.29, 0.717) is 18.2 Å². The number of benzene rings is 1. The van der Waals surface area contributed by atoms with Crippen molar-refractivity contribution in [2.45, 2.75) is 19.0 Å². The Morgan fingerprint density at radius 3 is 2.30 bits per heavy atom. The summed E-state index contributed by atoms with van der Waals surface area (Å²) in [5, 5.41) is 11.2. The lowest BCUT2D eigenvalue weighted by Gasteiger charge is -2.24.